The highest BCUT2D eigenvalue weighted by Gasteiger charge is 2.28. The average molecular weight is 259 g/mol. The molecule has 3 rings (SSSR count). The molecule has 2 aliphatic carbocycles. The lowest BCUT2D eigenvalue weighted by molar-refractivity contribution is -0.122. The largest absolute Gasteiger partial charge is 0.399 e. The van der Waals surface area contributed by atoms with Crippen LogP contribution in [-0.2, 0) is 11.2 Å². The maximum Gasteiger partial charge on any atom is 0.234 e. The number of aryl methyl sites for hydroxylation is 1. The van der Waals surface area contributed by atoms with Crippen LogP contribution in [0.3, 0.4) is 0 Å². The number of amides is 1. The van der Waals surface area contributed by atoms with Crippen LogP contribution in [-0.4, -0.2) is 30.4 Å². The van der Waals surface area contributed by atoms with Crippen LogP contribution in [0.4, 0.5) is 5.69 Å². The summed E-state index contributed by atoms with van der Waals surface area (Å²) in [5.74, 6) is 0.147. The van der Waals surface area contributed by atoms with Crippen LogP contribution in [0, 0.1) is 0 Å². The third-order valence-corrected chi connectivity index (χ3v) is 4.08. The first kappa shape index (κ1) is 12.5. The van der Waals surface area contributed by atoms with E-state index in [-0.39, 0.29) is 5.91 Å². The molecule has 3 N–H and O–H groups in total. The summed E-state index contributed by atoms with van der Waals surface area (Å²) in [6.07, 6.45) is 4.41. The minimum absolute atomic E-state index is 0.147. The van der Waals surface area contributed by atoms with Gasteiger partial charge in [0.15, 0.2) is 0 Å². The molecule has 1 aromatic carbocycles. The Morgan fingerprint density at radius 3 is 2.95 bits per heavy atom. The first-order valence-corrected chi connectivity index (χ1v) is 7.01. The zero-order valence-corrected chi connectivity index (χ0v) is 11.4. The van der Waals surface area contributed by atoms with E-state index in [1.807, 2.05) is 13.1 Å². The molecule has 1 amide bonds. The maximum absolute atomic E-state index is 11.9. The highest BCUT2D eigenvalue weighted by atomic mass is 16.2. The Hall–Kier alpha value is -1.55. The predicted molar refractivity (Wildman–Crippen MR) is 75.7 cm³/mol. The van der Waals surface area contributed by atoms with Crippen molar-refractivity contribution in [3.63, 3.8) is 0 Å². The highest BCUT2D eigenvalue weighted by molar-refractivity contribution is 5.78. The van der Waals surface area contributed by atoms with Gasteiger partial charge in [0, 0.05) is 17.8 Å². The number of nitrogens with one attached hydrogen (secondary N) is 1. The Morgan fingerprint density at radius 1 is 1.42 bits per heavy atom. The SMILES string of the molecule is CN(CC(=O)NC1CC1)C1CCc2cc(N)ccc21. The van der Waals surface area contributed by atoms with Gasteiger partial charge >= 0.3 is 0 Å². The molecule has 0 radical (unpaired) electrons. The van der Waals surface area contributed by atoms with Gasteiger partial charge in [0.1, 0.15) is 0 Å². The number of rotatable bonds is 4. The molecular weight excluding hydrogens is 238 g/mol. The monoisotopic (exact) mass is 259 g/mol. The Bertz CT molecular complexity index is 496. The van der Waals surface area contributed by atoms with Crippen LogP contribution in [0.5, 0.6) is 0 Å². The van der Waals surface area contributed by atoms with Gasteiger partial charge in [-0.25, -0.2) is 0 Å². The summed E-state index contributed by atoms with van der Waals surface area (Å²) in [6, 6.07) is 6.91. The van der Waals surface area contributed by atoms with Crippen LogP contribution in [0.15, 0.2) is 18.2 Å². The molecule has 1 atom stereocenters. The topological polar surface area (TPSA) is 58.4 Å². The third kappa shape index (κ3) is 2.73. The van der Waals surface area contributed by atoms with Crippen LogP contribution in [0.1, 0.15) is 36.4 Å². The van der Waals surface area contributed by atoms with Gasteiger partial charge in [-0.1, -0.05) is 6.07 Å². The van der Waals surface area contributed by atoms with E-state index in [0.29, 0.717) is 18.6 Å². The van der Waals surface area contributed by atoms with E-state index in [9.17, 15) is 4.79 Å². The Labute approximate surface area is 114 Å². The van der Waals surface area contributed by atoms with Gasteiger partial charge in [-0.2, -0.15) is 0 Å². The fraction of sp³-hybridized carbons (Fsp3) is 0.533. The van der Waals surface area contributed by atoms with Crippen LogP contribution >= 0.6 is 0 Å². The molecule has 4 nitrogen and oxygen atoms in total. The second-order valence-electron chi connectivity index (χ2n) is 5.77. The minimum Gasteiger partial charge on any atom is -0.399 e. The number of fused-ring (bicyclic) bond motifs is 1. The normalized spacial score (nSPS) is 21.5. The number of anilines is 1. The lowest BCUT2D eigenvalue weighted by atomic mass is 10.1. The van der Waals surface area contributed by atoms with Gasteiger partial charge < -0.3 is 11.1 Å². The van der Waals surface area contributed by atoms with Crippen molar-refractivity contribution in [3.05, 3.63) is 29.3 Å². The molecule has 0 saturated heterocycles. The number of carbonyl (C=O) groups excluding carboxylic acids is 1. The Balaban J connectivity index is 1.65. The molecule has 4 heteroatoms. The van der Waals surface area contributed by atoms with Crippen molar-refractivity contribution in [1.82, 2.24) is 10.2 Å². The number of nitrogen functional groups attached to an aromatic ring is 1. The van der Waals surface area contributed by atoms with Crippen LogP contribution in [0.2, 0.25) is 0 Å². The minimum atomic E-state index is 0.147. The zero-order chi connectivity index (χ0) is 13.4. The molecule has 0 spiro atoms. The number of nitrogens with zero attached hydrogens (tertiary/aromatic N) is 1. The number of hydrogen-bond acceptors (Lipinski definition) is 3. The molecule has 1 aromatic rings. The number of carbonyl (C=O) groups is 1. The summed E-state index contributed by atoms with van der Waals surface area (Å²) >= 11 is 0. The molecule has 2 aliphatic rings. The van der Waals surface area contributed by atoms with E-state index in [2.05, 4.69) is 22.3 Å². The fourth-order valence-corrected chi connectivity index (χ4v) is 2.91. The second-order valence-corrected chi connectivity index (χ2v) is 5.77. The van der Waals surface area contributed by atoms with Crippen molar-refractivity contribution in [2.24, 2.45) is 0 Å². The molecule has 0 aliphatic heterocycles. The predicted octanol–water partition coefficient (Wildman–Crippen LogP) is 1.47. The van der Waals surface area contributed by atoms with E-state index in [1.165, 1.54) is 11.1 Å². The van der Waals surface area contributed by atoms with E-state index in [4.69, 9.17) is 5.73 Å². The van der Waals surface area contributed by atoms with Crippen molar-refractivity contribution < 1.29 is 4.79 Å². The second kappa shape index (κ2) is 4.85. The molecule has 1 unspecified atom stereocenters. The highest BCUT2D eigenvalue weighted by Crippen LogP contribution is 2.35. The quantitative estimate of drug-likeness (QED) is 0.805. The van der Waals surface area contributed by atoms with Crippen molar-refractivity contribution in [3.8, 4) is 0 Å². The lowest BCUT2D eigenvalue weighted by Gasteiger charge is -2.24. The van der Waals surface area contributed by atoms with Gasteiger partial charge in [-0.05, 0) is 56.0 Å². The molecule has 1 saturated carbocycles. The number of hydrogen-bond donors (Lipinski definition) is 2. The van der Waals surface area contributed by atoms with Gasteiger partial charge in [0.05, 0.1) is 6.54 Å². The summed E-state index contributed by atoms with van der Waals surface area (Å²) in [6.45, 7) is 0.477. The van der Waals surface area contributed by atoms with Crippen molar-refractivity contribution in [2.45, 2.75) is 37.8 Å². The first-order chi connectivity index (χ1) is 9.13. The molecule has 1 fully saturated rings. The van der Waals surface area contributed by atoms with Gasteiger partial charge in [-0.15, -0.1) is 0 Å². The molecular formula is C15H21N3O. The Kier molecular flexibility index (Phi) is 3.19. The third-order valence-electron chi connectivity index (χ3n) is 4.08. The average Bonchev–Trinajstić information content (AvgIpc) is 3.06. The van der Waals surface area contributed by atoms with Crippen molar-refractivity contribution in [2.75, 3.05) is 19.3 Å². The lowest BCUT2D eigenvalue weighted by Crippen LogP contribution is -2.37. The van der Waals surface area contributed by atoms with Crippen molar-refractivity contribution in [1.29, 1.82) is 0 Å². The first-order valence-electron chi connectivity index (χ1n) is 7.01. The van der Waals surface area contributed by atoms with E-state index in [0.717, 1.165) is 31.4 Å². The molecule has 0 heterocycles. The number of nitrogens with two attached hydrogens (primary N) is 1. The van der Waals surface area contributed by atoms with E-state index < -0.39 is 0 Å². The fourth-order valence-electron chi connectivity index (χ4n) is 2.91. The number of likely N-dealkylation sites (N-methyl/N-ethyl adjacent to an activating group) is 1. The standard InChI is InChI=1S/C15H21N3O/c1-18(9-15(19)17-12-4-5-12)14-7-2-10-8-11(16)3-6-13(10)14/h3,6,8,12,14H,2,4-5,7,9,16H2,1H3,(H,17,19). The molecule has 19 heavy (non-hydrogen) atoms. The molecule has 0 bridgehead atoms. The van der Waals surface area contributed by atoms with Crippen LogP contribution < -0.4 is 11.1 Å². The van der Waals surface area contributed by atoms with Crippen LogP contribution in [0.25, 0.3) is 0 Å². The summed E-state index contributed by atoms with van der Waals surface area (Å²) in [5.41, 5.74) is 9.31. The van der Waals surface area contributed by atoms with Crippen molar-refractivity contribution >= 4 is 11.6 Å². The zero-order valence-electron chi connectivity index (χ0n) is 11.4. The Morgan fingerprint density at radius 2 is 2.21 bits per heavy atom. The van der Waals surface area contributed by atoms with Gasteiger partial charge in [0.2, 0.25) is 5.91 Å². The summed E-state index contributed by atoms with van der Waals surface area (Å²) in [5, 5.41) is 3.04. The summed E-state index contributed by atoms with van der Waals surface area (Å²) < 4.78 is 0. The smallest absolute Gasteiger partial charge is 0.234 e. The van der Waals surface area contributed by atoms with Gasteiger partial charge in [-0.3, -0.25) is 9.69 Å². The number of benzene rings is 1. The molecule has 102 valence electrons. The summed E-state index contributed by atoms with van der Waals surface area (Å²) in [7, 11) is 2.03. The molecule has 0 aromatic heterocycles. The van der Waals surface area contributed by atoms with E-state index >= 15 is 0 Å². The van der Waals surface area contributed by atoms with Gasteiger partial charge in [0.25, 0.3) is 0 Å². The summed E-state index contributed by atoms with van der Waals surface area (Å²) in [4.78, 5) is 14.0. The van der Waals surface area contributed by atoms with E-state index in [1.54, 1.807) is 0 Å². The maximum atomic E-state index is 11.9.